The average molecular weight is 285 g/mol. The molecule has 0 saturated heterocycles. The SMILES string of the molecule is Cc1ccccc1C1CC(NCCC2CCCC(C)C2)C1. The van der Waals surface area contributed by atoms with Crippen LogP contribution in [0.5, 0.6) is 0 Å². The molecule has 1 aromatic carbocycles. The molecule has 1 nitrogen and oxygen atoms in total. The van der Waals surface area contributed by atoms with E-state index < -0.39 is 0 Å². The van der Waals surface area contributed by atoms with Crippen LogP contribution in [0.4, 0.5) is 0 Å². The molecule has 2 aliphatic rings. The van der Waals surface area contributed by atoms with Crippen molar-refractivity contribution in [3.63, 3.8) is 0 Å². The van der Waals surface area contributed by atoms with Crippen molar-refractivity contribution in [1.29, 1.82) is 0 Å². The molecule has 1 N–H and O–H groups in total. The van der Waals surface area contributed by atoms with E-state index in [9.17, 15) is 0 Å². The van der Waals surface area contributed by atoms with Gasteiger partial charge in [0.2, 0.25) is 0 Å². The Kier molecular flexibility index (Phi) is 5.00. The summed E-state index contributed by atoms with van der Waals surface area (Å²) >= 11 is 0. The number of benzene rings is 1. The lowest BCUT2D eigenvalue weighted by Gasteiger charge is -2.37. The quantitative estimate of drug-likeness (QED) is 0.798. The van der Waals surface area contributed by atoms with E-state index in [0.29, 0.717) is 0 Å². The zero-order valence-corrected chi connectivity index (χ0v) is 13.8. The van der Waals surface area contributed by atoms with Crippen LogP contribution in [0.1, 0.15) is 68.9 Å². The smallest absolute Gasteiger partial charge is 0.00787 e. The number of hydrogen-bond acceptors (Lipinski definition) is 1. The van der Waals surface area contributed by atoms with Crippen molar-refractivity contribution >= 4 is 0 Å². The van der Waals surface area contributed by atoms with E-state index in [1.165, 1.54) is 57.1 Å². The van der Waals surface area contributed by atoms with E-state index in [1.807, 2.05) is 0 Å². The molecule has 0 heterocycles. The van der Waals surface area contributed by atoms with Gasteiger partial charge in [0.15, 0.2) is 0 Å². The first-order valence-electron chi connectivity index (χ1n) is 9.01. The molecule has 0 radical (unpaired) electrons. The maximum Gasteiger partial charge on any atom is 0.00787 e. The molecule has 0 aromatic heterocycles. The highest BCUT2D eigenvalue weighted by molar-refractivity contribution is 5.31. The largest absolute Gasteiger partial charge is 0.314 e. The third kappa shape index (κ3) is 3.88. The molecule has 21 heavy (non-hydrogen) atoms. The summed E-state index contributed by atoms with van der Waals surface area (Å²) in [7, 11) is 0. The van der Waals surface area contributed by atoms with Gasteiger partial charge in [-0.15, -0.1) is 0 Å². The van der Waals surface area contributed by atoms with Crippen LogP contribution in [-0.2, 0) is 0 Å². The zero-order valence-electron chi connectivity index (χ0n) is 13.8. The molecule has 2 fully saturated rings. The molecular weight excluding hydrogens is 254 g/mol. The lowest BCUT2D eigenvalue weighted by molar-refractivity contribution is 0.245. The van der Waals surface area contributed by atoms with Gasteiger partial charge in [-0.2, -0.15) is 0 Å². The number of rotatable bonds is 5. The van der Waals surface area contributed by atoms with Gasteiger partial charge in [-0.1, -0.05) is 50.5 Å². The van der Waals surface area contributed by atoms with Gasteiger partial charge < -0.3 is 5.32 Å². The molecule has 0 spiro atoms. The molecule has 1 aromatic rings. The molecule has 0 aliphatic heterocycles. The van der Waals surface area contributed by atoms with Gasteiger partial charge in [-0.25, -0.2) is 0 Å². The third-order valence-electron chi connectivity index (χ3n) is 5.80. The Morgan fingerprint density at radius 3 is 2.67 bits per heavy atom. The van der Waals surface area contributed by atoms with Crippen LogP contribution >= 0.6 is 0 Å². The fourth-order valence-electron chi connectivity index (χ4n) is 4.40. The molecule has 2 aliphatic carbocycles. The van der Waals surface area contributed by atoms with Crippen molar-refractivity contribution in [2.45, 2.75) is 70.8 Å². The monoisotopic (exact) mass is 285 g/mol. The van der Waals surface area contributed by atoms with Gasteiger partial charge in [0.05, 0.1) is 0 Å². The summed E-state index contributed by atoms with van der Waals surface area (Å²) in [6.45, 7) is 5.92. The van der Waals surface area contributed by atoms with Crippen LogP contribution in [0.3, 0.4) is 0 Å². The highest BCUT2D eigenvalue weighted by atomic mass is 14.9. The van der Waals surface area contributed by atoms with Gasteiger partial charge in [-0.3, -0.25) is 0 Å². The molecule has 0 bridgehead atoms. The summed E-state index contributed by atoms with van der Waals surface area (Å²) in [6.07, 6.45) is 9.95. The molecule has 2 saturated carbocycles. The van der Waals surface area contributed by atoms with Gasteiger partial charge in [0, 0.05) is 6.04 Å². The molecular formula is C20H31N. The number of nitrogens with one attached hydrogen (secondary N) is 1. The highest BCUT2D eigenvalue weighted by Crippen LogP contribution is 2.38. The highest BCUT2D eigenvalue weighted by Gasteiger charge is 2.30. The maximum atomic E-state index is 3.80. The Balaban J connectivity index is 1.35. The first kappa shape index (κ1) is 15.1. The zero-order chi connectivity index (χ0) is 14.7. The van der Waals surface area contributed by atoms with Crippen LogP contribution in [0.15, 0.2) is 24.3 Å². The van der Waals surface area contributed by atoms with Crippen LogP contribution < -0.4 is 5.32 Å². The predicted octanol–water partition coefficient (Wildman–Crippen LogP) is 5.05. The maximum absolute atomic E-state index is 3.80. The summed E-state index contributed by atoms with van der Waals surface area (Å²) in [5.74, 6) is 2.77. The topological polar surface area (TPSA) is 12.0 Å². The van der Waals surface area contributed by atoms with Crippen molar-refractivity contribution in [1.82, 2.24) is 5.32 Å². The molecule has 0 amide bonds. The summed E-state index contributed by atoms with van der Waals surface area (Å²) in [5, 5.41) is 3.80. The van der Waals surface area contributed by atoms with E-state index in [4.69, 9.17) is 0 Å². The second-order valence-electron chi connectivity index (χ2n) is 7.60. The van der Waals surface area contributed by atoms with Gasteiger partial charge in [0.25, 0.3) is 0 Å². The predicted molar refractivity (Wildman–Crippen MR) is 90.7 cm³/mol. The Labute approximate surface area is 130 Å². The molecule has 3 rings (SSSR count). The summed E-state index contributed by atoms with van der Waals surface area (Å²) in [4.78, 5) is 0. The van der Waals surface area contributed by atoms with E-state index in [2.05, 4.69) is 43.4 Å². The minimum atomic E-state index is 0.774. The number of hydrogen-bond donors (Lipinski definition) is 1. The summed E-state index contributed by atoms with van der Waals surface area (Å²) in [5.41, 5.74) is 3.05. The van der Waals surface area contributed by atoms with Crippen LogP contribution in [0.25, 0.3) is 0 Å². The lowest BCUT2D eigenvalue weighted by atomic mass is 9.74. The second kappa shape index (κ2) is 6.96. The minimum absolute atomic E-state index is 0.774. The van der Waals surface area contributed by atoms with Gasteiger partial charge in [0.1, 0.15) is 0 Å². The van der Waals surface area contributed by atoms with Crippen LogP contribution in [-0.4, -0.2) is 12.6 Å². The normalized spacial score (nSPS) is 32.7. The minimum Gasteiger partial charge on any atom is -0.314 e. The Morgan fingerprint density at radius 2 is 1.90 bits per heavy atom. The molecule has 2 unspecified atom stereocenters. The summed E-state index contributed by atoms with van der Waals surface area (Å²) < 4.78 is 0. The van der Waals surface area contributed by atoms with Crippen LogP contribution in [0.2, 0.25) is 0 Å². The average Bonchev–Trinajstić information content (AvgIpc) is 2.43. The first-order chi connectivity index (χ1) is 10.2. The summed E-state index contributed by atoms with van der Waals surface area (Å²) in [6, 6.07) is 9.68. The first-order valence-corrected chi connectivity index (χ1v) is 9.01. The standard InChI is InChI=1S/C20H31N/c1-15-6-5-8-17(12-15)10-11-21-19-13-18(14-19)20-9-4-3-7-16(20)2/h3-4,7,9,15,17-19,21H,5-6,8,10-14H2,1-2H3. The van der Waals surface area contributed by atoms with Crippen molar-refractivity contribution in [3.8, 4) is 0 Å². The Hall–Kier alpha value is -0.820. The Bertz CT molecular complexity index is 447. The van der Waals surface area contributed by atoms with Crippen LogP contribution in [0, 0.1) is 18.8 Å². The van der Waals surface area contributed by atoms with E-state index in [0.717, 1.165) is 23.8 Å². The fourth-order valence-corrected chi connectivity index (χ4v) is 4.40. The number of aryl methyl sites for hydroxylation is 1. The van der Waals surface area contributed by atoms with Gasteiger partial charge >= 0.3 is 0 Å². The van der Waals surface area contributed by atoms with Gasteiger partial charge in [-0.05, 0) is 68.0 Å². The fraction of sp³-hybridized carbons (Fsp3) is 0.700. The third-order valence-corrected chi connectivity index (χ3v) is 5.80. The van der Waals surface area contributed by atoms with E-state index in [1.54, 1.807) is 5.56 Å². The van der Waals surface area contributed by atoms with E-state index in [-0.39, 0.29) is 0 Å². The van der Waals surface area contributed by atoms with Crippen molar-refractivity contribution in [2.75, 3.05) is 6.54 Å². The lowest BCUT2D eigenvalue weighted by Crippen LogP contribution is -2.41. The van der Waals surface area contributed by atoms with Crippen molar-refractivity contribution < 1.29 is 0 Å². The second-order valence-corrected chi connectivity index (χ2v) is 7.60. The molecule has 116 valence electrons. The molecule has 2 atom stereocenters. The van der Waals surface area contributed by atoms with Crippen molar-refractivity contribution in [2.24, 2.45) is 11.8 Å². The molecule has 1 heteroatoms. The van der Waals surface area contributed by atoms with Crippen molar-refractivity contribution in [3.05, 3.63) is 35.4 Å². The van der Waals surface area contributed by atoms with E-state index >= 15 is 0 Å². The Morgan fingerprint density at radius 1 is 1.10 bits per heavy atom.